The Hall–Kier alpha value is -1.11. The minimum Gasteiger partial charge on any atom is -0.421 e. The smallest absolute Gasteiger partial charge is 0.421 e. The van der Waals surface area contributed by atoms with Gasteiger partial charge in [-0.25, -0.2) is 16.8 Å². The van der Waals surface area contributed by atoms with Crippen LogP contribution < -0.4 is 0 Å². The molecule has 0 N–H and O–H groups in total. The first-order chi connectivity index (χ1) is 9.83. The van der Waals surface area contributed by atoms with Crippen molar-refractivity contribution in [3.63, 3.8) is 0 Å². The zero-order valence-corrected chi connectivity index (χ0v) is 13.6. The van der Waals surface area contributed by atoms with Gasteiger partial charge in [0.15, 0.2) is 26.6 Å². The Morgan fingerprint density at radius 1 is 0.957 bits per heavy atom. The fourth-order valence-electron chi connectivity index (χ4n) is 0.517. The molecule has 0 spiro atoms. The van der Waals surface area contributed by atoms with Crippen LogP contribution in [0.3, 0.4) is 0 Å². The van der Waals surface area contributed by atoms with Crippen molar-refractivity contribution in [1.82, 2.24) is 0 Å². The van der Waals surface area contributed by atoms with E-state index in [0.717, 1.165) is 15.2 Å². The summed E-state index contributed by atoms with van der Waals surface area (Å²) in [7, 11) is -9.35. The molecule has 7 nitrogen and oxygen atoms in total. The van der Waals surface area contributed by atoms with Crippen LogP contribution in [0, 0.1) is 11.3 Å². The van der Waals surface area contributed by atoms with E-state index in [1.54, 1.807) is 0 Å². The molecule has 0 rings (SSSR count). The van der Waals surface area contributed by atoms with E-state index in [1.165, 1.54) is 0 Å². The number of nitriles is 1. The number of hydrogen-bond donors (Lipinski definition) is 0. The van der Waals surface area contributed by atoms with E-state index in [1.807, 2.05) is 14.1 Å². The lowest BCUT2D eigenvalue weighted by Gasteiger charge is -2.23. The highest BCUT2D eigenvalue weighted by Crippen LogP contribution is 2.36. The Balaban J connectivity index is 0. The van der Waals surface area contributed by atoms with Gasteiger partial charge in [0.05, 0.1) is 20.6 Å². The van der Waals surface area contributed by atoms with E-state index < -0.39 is 31.1 Å². The predicted molar refractivity (Wildman–Crippen MR) is 66.4 cm³/mol. The zero-order valence-electron chi connectivity index (χ0n) is 12.0. The van der Waals surface area contributed by atoms with Gasteiger partial charge in [0, 0.05) is 0 Å². The number of alkyl halides is 6. The first kappa shape index (κ1) is 24.1. The minimum absolute atomic E-state index is 0.608. The second-order valence-corrected chi connectivity index (χ2v) is 7.91. The monoisotopic (exact) mass is 393 g/mol. The normalized spacial score (nSPS) is 13.7. The van der Waals surface area contributed by atoms with Gasteiger partial charge in [0.1, 0.15) is 6.07 Å². The third kappa shape index (κ3) is 8.34. The van der Waals surface area contributed by atoms with Crippen LogP contribution in [0.1, 0.15) is 6.92 Å². The van der Waals surface area contributed by atoms with Gasteiger partial charge in [-0.05, 0) is 6.92 Å². The molecule has 23 heavy (non-hydrogen) atoms. The summed E-state index contributed by atoms with van der Waals surface area (Å²) in [5.41, 5.74) is -12.4. The number of rotatable bonds is 4. The number of nitrogens with zero attached hydrogens (tertiary/aromatic N) is 3. The summed E-state index contributed by atoms with van der Waals surface area (Å²) in [4.78, 5) is 0. The van der Waals surface area contributed by atoms with Gasteiger partial charge in [0.25, 0.3) is 0 Å². The fraction of sp³-hybridized carbons (Fsp3) is 0.875. The van der Waals surface area contributed by atoms with Crippen molar-refractivity contribution in [3.05, 3.63) is 4.13 Å². The van der Waals surface area contributed by atoms with Crippen LogP contribution in [0.2, 0.25) is 0 Å². The third-order valence-corrected chi connectivity index (χ3v) is 4.88. The molecule has 0 unspecified atom stereocenters. The molecule has 0 bridgehead atoms. The molecule has 0 atom stereocenters. The summed E-state index contributed by atoms with van der Waals surface area (Å²) < 4.78 is 110. The first-order valence-corrected chi connectivity index (χ1v) is 8.27. The van der Waals surface area contributed by atoms with Crippen LogP contribution in [0.25, 0.3) is 4.13 Å². The van der Waals surface area contributed by atoms with Crippen molar-refractivity contribution >= 4 is 20.0 Å². The molecule has 15 heteroatoms. The summed E-state index contributed by atoms with van der Waals surface area (Å²) in [6.45, 7) is 3.71. The molecule has 0 amide bonds. The van der Waals surface area contributed by atoms with Crippen LogP contribution in [-0.2, 0) is 20.0 Å². The van der Waals surface area contributed by atoms with Gasteiger partial charge in [-0.2, -0.15) is 31.6 Å². The van der Waals surface area contributed by atoms with Crippen molar-refractivity contribution in [2.75, 3.05) is 27.2 Å². The second kappa shape index (κ2) is 7.64. The molecule has 0 aliphatic heterocycles. The van der Waals surface area contributed by atoms with Crippen molar-refractivity contribution in [2.24, 2.45) is 0 Å². The highest BCUT2D eigenvalue weighted by Gasteiger charge is 2.46. The molecule has 0 fully saturated rings. The Morgan fingerprint density at radius 2 is 1.26 bits per heavy atom. The Labute approximate surface area is 129 Å². The molecule has 0 aliphatic rings. The predicted octanol–water partition coefficient (Wildman–Crippen LogP) is 1.67. The maximum Gasteiger partial charge on any atom is 0.480 e. The number of sulfonamides is 2. The van der Waals surface area contributed by atoms with E-state index in [4.69, 9.17) is 5.26 Å². The summed E-state index contributed by atoms with van der Waals surface area (Å²) in [6, 6.07) is 2.13. The summed E-state index contributed by atoms with van der Waals surface area (Å²) >= 11 is 0. The van der Waals surface area contributed by atoms with Gasteiger partial charge in [-0.15, -0.1) is 0 Å². The molecule has 138 valence electrons. The number of halogens is 6. The van der Waals surface area contributed by atoms with Crippen LogP contribution >= 0.6 is 0 Å². The molecule has 0 aromatic rings. The maximum absolute atomic E-state index is 11.4. The van der Waals surface area contributed by atoms with E-state index in [-0.39, 0.29) is 0 Å². The van der Waals surface area contributed by atoms with Crippen LogP contribution in [0.4, 0.5) is 26.3 Å². The fourth-order valence-corrected chi connectivity index (χ4v) is 2.23. The molecule has 0 aromatic heterocycles. The highest BCUT2D eigenvalue weighted by atomic mass is 32.3. The molecular formula is C8H13F6N3O4S2. The Bertz CT molecular complexity index is 588. The van der Waals surface area contributed by atoms with E-state index in [0.29, 0.717) is 6.54 Å². The van der Waals surface area contributed by atoms with Crippen LogP contribution in [0.15, 0.2) is 0 Å². The summed E-state index contributed by atoms with van der Waals surface area (Å²) in [5, 5.41) is 8.27. The van der Waals surface area contributed by atoms with Crippen LogP contribution in [-0.4, -0.2) is 59.5 Å². The molecule has 0 aromatic carbocycles. The summed E-state index contributed by atoms with van der Waals surface area (Å²) in [6.07, 6.45) is 0. The lowest BCUT2D eigenvalue weighted by molar-refractivity contribution is -0.881. The first-order valence-electron chi connectivity index (χ1n) is 5.39. The Morgan fingerprint density at radius 3 is 1.39 bits per heavy atom. The lowest BCUT2D eigenvalue weighted by Crippen LogP contribution is -2.39. The lowest BCUT2D eigenvalue weighted by atomic mass is 10.5. The van der Waals surface area contributed by atoms with E-state index >= 15 is 0 Å². The van der Waals surface area contributed by atoms with E-state index in [2.05, 4.69) is 13.0 Å². The summed E-state index contributed by atoms with van der Waals surface area (Å²) in [5.74, 6) is 0. The van der Waals surface area contributed by atoms with Gasteiger partial charge >= 0.3 is 11.0 Å². The molecule has 0 saturated carbocycles. The van der Waals surface area contributed by atoms with Gasteiger partial charge < -0.3 is 8.61 Å². The highest BCUT2D eigenvalue weighted by molar-refractivity contribution is 8.13. The van der Waals surface area contributed by atoms with E-state index in [9.17, 15) is 43.2 Å². The SMILES string of the molecule is CC[N+](C)(C)CC#N.O=S(=O)([N-]S(=O)(=O)C(F)(F)F)C(F)(F)F. The molecule has 0 radical (unpaired) electrons. The molecule has 0 aliphatic carbocycles. The quantitative estimate of drug-likeness (QED) is 0.410. The number of quaternary nitrogens is 1. The van der Waals surface area contributed by atoms with Gasteiger partial charge in [0.2, 0.25) is 0 Å². The molecular weight excluding hydrogens is 380 g/mol. The number of hydrogen-bond acceptors (Lipinski definition) is 5. The molecule has 0 heterocycles. The average molecular weight is 393 g/mol. The van der Waals surface area contributed by atoms with Crippen molar-refractivity contribution < 1.29 is 47.7 Å². The van der Waals surface area contributed by atoms with Crippen molar-refractivity contribution in [2.45, 2.75) is 17.9 Å². The standard InChI is InChI=1S/C6H13N2.C2F6NO4S2/c1-4-8(2,3)6-5-7;3-1(4,5)14(10,11)9-15(12,13)2(6,7)8/h4,6H2,1-3H3;/q+1;-1. The zero-order chi connectivity index (χ0) is 19.3. The van der Waals surface area contributed by atoms with Crippen molar-refractivity contribution in [1.29, 1.82) is 5.26 Å². The Kier molecular flexibility index (Phi) is 8.02. The van der Waals surface area contributed by atoms with Gasteiger partial charge in [-0.1, -0.05) is 0 Å². The average Bonchev–Trinajstić information content (AvgIpc) is 2.25. The topological polar surface area (TPSA) is 106 Å². The maximum atomic E-state index is 11.4. The third-order valence-electron chi connectivity index (χ3n) is 2.14. The van der Waals surface area contributed by atoms with Crippen molar-refractivity contribution in [3.8, 4) is 6.07 Å². The largest absolute Gasteiger partial charge is 0.480 e. The van der Waals surface area contributed by atoms with Crippen LogP contribution in [0.5, 0.6) is 0 Å². The second-order valence-electron chi connectivity index (χ2n) is 4.48. The minimum atomic E-state index is -6.72. The van der Waals surface area contributed by atoms with Gasteiger partial charge in [-0.3, -0.25) is 0 Å². The molecule has 0 saturated heterocycles.